The van der Waals surface area contributed by atoms with Gasteiger partial charge in [0.15, 0.2) is 0 Å². The summed E-state index contributed by atoms with van der Waals surface area (Å²) >= 11 is 0. The largest absolute Gasteiger partial charge is 0.573 e. The van der Waals surface area contributed by atoms with Crippen LogP contribution in [0.5, 0.6) is 5.75 Å². The SMILES string of the molecule is C=Cc1ccc(C(=O)NS(=O)(=O)c2ccc(OC(F)(F)F)cc2)cc1. The minimum absolute atomic E-state index is 0.103. The zero-order valence-corrected chi connectivity index (χ0v) is 13.4. The van der Waals surface area contributed by atoms with E-state index in [2.05, 4.69) is 11.3 Å². The predicted octanol–water partition coefficient (Wildman–Crippen LogP) is 3.35. The Balaban J connectivity index is 2.14. The fraction of sp³-hybridized carbons (Fsp3) is 0.0625. The number of ether oxygens (including phenoxy) is 1. The van der Waals surface area contributed by atoms with Crippen LogP contribution >= 0.6 is 0 Å². The molecule has 0 radical (unpaired) electrons. The third-order valence-corrected chi connectivity index (χ3v) is 4.35. The number of hydrogen-bond donors (Lipinski definition) is 1. The lowest BCUT2D eigenvalue weighted by molar-refractivity contribution is -0.274. The second-order valence-electron chi connectivity index (χ2n) is 4.78. The number of hydrogen-bond acceptors (Lipinski definition) is 4. The summed E-state index contributed by atoms with van der Waals surface area (Å²) in [5.74, 6) is -1.44. The highest BCUT2D eigenvalue weighted by atomic mass is 32.2. The Labute approximate surface area is 141 Å². The lowest BCUT2D eigenvalue weighted by Crippen LogP contribution is -2.30. The van der Waals surface area contributed by atoms with Crippen molar-refractivity contribution in [1.82, 2.24) is 4.72 Å². The first-order valence-corrected chi connectivity index (χ1v) is 8.24. The molecule has 0 aliphatic rings. The summed E-state index contributed by atoms with van der Waals surface area (Å²) in [6, 6.07) is 9.48. The van der Waals surface area contributed by atoms with Crippen LogP contribution in [0, 0.1) is 0 Å². The standard InChI is InChI=1S/C16H12F3NO4S/c1-2-11-3-5-12(6-4-11)15(21)20-25(22,23)14-9-7-13(8-10-14)24-16(17,18)19/h2-10H,1H2,(H,20,21). The number of benzene rings is 2. The van der Waals surface area contributed by atoms with E-state index >= 15 is 0 Å². The normalized spacial score (nSPS) is 11.6. The van der Waals surface area contributed by atoms with Gasteiger partial charge in [-0.2, -0.15) is 0 Å². The molecule has 0 unspecified atom stereocenters. The Hall–Kier alpha value is -2.81. The summed E-state index contributed by atoms with van der Waals surface area (Å²) in [6.07, 6.45) is -3.32. The molecule has 0 aliphatic heterocycles. The second-order valence-corrected chi connectivity index (χ2v) is 6.46. The topological polar surface area (TPSA) is 72.5 Å². The summed E-state index contributed by atoms with van der Waals surface area (Å²) in [5.41, 5.74) is 0.853. The lowest BCUT2D eigenvalue weighted by Gasteiger charge is -2.10. The number of nitrogens with one attached hydrogen (secondary N) is 1. The molecule has 25 heavy (non-hydrogen) atoms. The average Bonchev–Trinajstić information content (AvgIpc) is 2.53. The molecule has 0 heterocycles. The summed E-state index contributed by atoms with van der Waals surface area (Å²) in [5, 5.41) is 0. The van der Waals surface area contributed by atoms with Crippen molar-refractivity contribution in [2.24, 2.45) is 0 Å². The Kier molecular flexibility index (Phi) is 5.17. The van der Waals surface area contributed by atoms with Gasteiger partial charge in [0.1, 0.15) is 5.75 Å². The molecular weight excluding hydrogens is 359 g/mol. The Bertz CT molecular complexity index is 873. The number of sulfonamides is 1. The molecule has 9 heteroatoms. The van der Waals surface area contributed by atoms with Gasteiger partial charge in [-0.25, -0.2) is 13.1 Å². The van der Waals surface area contributed by atoms with Gasteiger partial charge in [0.05, 0.1) is 4.90 Å². The van der Waals surface area contributed by atoms with E-state index in [4.69, 9.17) is 0 Å². The smallest absolute Gasteiger partial charge is 0.406 e. The second kappa shape index (κ2) is 6.98. The molecule has 0 spiro atoms. The average molecular weight is 371 g/mol. The van der Waals surface area contributed by atoms with E-state index in [9.17, 15) is 26.4 Å². The van der Waals surface area contributed by atoms with Gasteiger partial charge in [-0.1, -0.05) is 24.8 Å². The third kappa shape index (κ3) is 5.08. The molecule has 0 bridgehead atoms. The number of amides is 1. The molecule has 0 atom stereocenters. The first-order chi connectivity index (χ1) is 11.6. The highest BCUT2D eigenvalue weighted by molar-refractivity contribution is 7.90. The van der Waals surface area contributed by atoms with Crippen LogP contribution in [0.1, 0.15) is 15.9 Å². The molecule has 132 valence electrons. The minimum Gasteiger partial charge on any atom is -0.406 e. The van der Waals surface area contributed by atoms with E-state index in [1.54, 1.807) is 18.2 Å². The van der Waals surface area contributed by atoms with Gasteiger partial charge in [0.25, 0.3) is 15.9 Å². The number of carbonyl (C=O) groups excluding carboxylic acids is 1. The zero-order valence-electron chi connectivity index (χ0n) is 12.6. The van der Waals surface area contributed by atoms with Crippen LogP contribution in [-0.2, 0) is 10.0 Å². The number of alkyl halides is 3. The van der Waals surface area contributed by atoms with Crippen molar-refractivity contribution >= 4 is 22.0 Å². The van der Waals surface area contributed by atoms with E-state index in [1.807, 2.05) is 4.72 Å². The molecule has 1 N–H and O–H groups in total. The van der Waals surface area contributed by atoms with Crippen LogP contribution in [0.15, 0.2) is 60.0 Å². The van der Waals surface area contributed by atoms with Crippen LogP contribution in [0.2, 0.25) is 0 Å². The van der Waals surface area contributed by atoms with Crippen molar-refractivity contribution < 1.29 is 31.1 Å². The maximum Gasteiger partial charge on any atom is 0.573 e. The monoisotopic (exact) mass is 371 g/mol. The molecule has 0 aliphatic carbocycles. The Morgan fingerprint density at radius 1 is 1.04 bits per heavy atom. The molecule has 0 fully saturated rings. The van der Waals surface area contributed by atoms with Crippen LogP contribution in [0.25, 0.3) is 6.08 Å². The van der Waals surface area contributed by atoms with Gasteiger partial charge in [-0.15, -0.1) is 13.2 Å². The van der Waals surface area contributed by atoms with Crippen molar-refractivity contribution in [3.05, 3.63) is 66.2 Å². The number of carbonyl (C=O) groups is 1. The molecule has 0 saturated carbocycles. The van der Waals surface area contributed by atoms with Crippen LogP contribution in [-0.4, -0.2) is 20.7 Å². The Morgan fingerprint density at radius 3 is 2.08 bits per heavy atom. The first kappa shape index (κ1) is 18.5. The maximum absolute atomic E-state index is 12.1. The molecule has 5 nitrogen and oxygen atoms in total. The lowest BCUT2D eigenvalue weighted by atomic mass is 10.1. The van der Waals surface area contributed by atoms with Gasteiger partial charge >= 0.3 is 6.36 Å². The predicted molar refractivity (Wildman–Crippen MR) is 84.3 cm³/mol. The van der Waals surface area contributed by atoms with Crippen LogP contribution < -0.4 is 9.46 Å². The minimum atomic E-state index is -4.88. The fourth-order valence-electron chi connectivity index (χ4n) is 1.83. The molecular formula is C16H12F3NO4S. The van der Waals surface area contributed by atoms with Gasteiger partial charge in [0, 0.05) is 5.56 Å². The van der Waals surface area contributed by atoms with Crippen molar-refractivity contribution in [3.8, 4) is 5.75 Å². The van der Waals surface area contributed by atoms with Crippen LogP contribution in [0.4, 0.5) is 13.2 Å². The number of halogens is 3. The highest BCUT2D eigenvalue weighted by Crippen LogP contribution is 2.23. The molecule has 0 aromatic heterocycles. The Morgan fingerprint density at radius 2 is 1.60 bits per heavy atom. The van der Waals surface area contributed by atoms with E-state index in [1.165, 1.54) is 12.1 Å². The third-order valence-electron chi connectivity index (χ3n) is 3.00. The summed E-state index contributed by atoms with van der Waals surface area (Å²) in [7, 11) is -4.24. The van der Waals surface area contributed by atoms with Crippen molar-refractivity contribution in [1.29, 1.82) is 0 Å². The van der Waals surface area contributed by atoms with E-state index in [0.717, 1.165) is 29.8 Å². The van der Waals surface area contributed by atoms with Crippen molar-refractivity contribution in [3.63, 3.8) is 0 Å². The van der Waals surface area contributed by atoms with Gasteiger partial charge in [0.2, 0.25) is 0 Å². The van der Waals surface area contributed by atoms with Gasteiger partial charge < -0.3 is 4.74 Å². The summed E-state index contributed by atoms with van der Waals surface area (Å²) in [4.78, 5) is 11.6. The van der Waals surface area contributed by atoms with Crippen molar-refractivity contribution in [2.45, 2.75) is 11.3 Å². The quantitative estimate of drug-likeness (QED) is 0.875. The fourth-order valence-corrected chi connectivity index (χ4v) is 2.81. The number of rotatable bonds is 5. The van der Waals surface area contributed by atoms with Crippen molar-refractivity contribution in [2.75, 3.05) is 0 Å². The van der Waals surface area contributed by atoms with Crippen LogP contribution in [0.3, 0.4) is 0 Å². The molecule has 2 aromatic rings. The van der Waals surface area contributed by atoms with Gasteiger partial charge in [-0.3, -0.25) is 4.79 Å². The summed E-state index contributed by atoms with van der Waals surface area (Å²) in [6.45, 7) is 3.56. The molecule has 2 aromatic carbocycles. The van der Waals surface area contributed by atoms with E-state index in [-0.39, 0.29) is 10.5 Å². The molecule has 0 saturated heterocycles. The van der Waals surface area contributed by atoms with Gasteiger partial charge in [-0.05, 0) is 42.0 Å². The first-order valence-electron chi connectivity index (χ1n) is 6.76. The molecule has 2 rings (SSSR count). The van der Waals surface area contributed by atoms with E-state index < -0.39 is 28.0 Å². The highest BCUT2D eigenvalue weighted by Gasteiger charge is 2.31. The summed E-state index contributed by atoms with van der Waals surface area (Å²) < 4.78 is 66.0. The zero-order chi connectivity index (χ0) is 18.7. The van der Waals surface area contributed by atoms with E-state index in [0.29, 0.717) is 0 Å². The molecule has 1 amide bonds. The maximum atomic E-state index is 12.1.